The van der Waals surface area contributed by atoms with Crippen LogP contribution in [-0.2, 0) is 12.0 Å². The molecule has 0 radical (unpaired) electrons. The molecule has 0 atom stereocenters. The van der Waals surface area contributed by atoms with Gasteiger partial charge in [-0.25, -0.2) is 9.48 Å². The van der Waals surface area contributed by atoms with Gasteiger partial charge in [-0.1, -0.05) is 57.2 Å². The third kappa shape index (κ3) is 3.01. The van der Waals surface area contributed by atoms with Crippen LogP contribution in [0.1, 0.15) is 32.0 Å². The van der Waals surface area contributed by atoms with Crippen LogP contribution >= 0.6 is 0 Å². The molecule has 1 amide bonds. The molecule has 0 unspecified atom stereocenters. The van der Waals surface area contributed by atoms with Crippen molar-refractivity contribution in [3.8, 4) is 11.6 Å². The van der Waals surface area contributed by atoms with E-state index in [9.17, 15) is 4.79 Å². The standard InChI is InChI=1S/C24H22N4O2/c1-24(2,3)20-19-14-16-15-27(17-10-6-4-7-11-17)23(29)30-22(16)25-21(19)28(26-20)18-12-8-5-9-13-18/h4-14H,15H2,1-3H3. The van der Waals surface area contributed by atoms with Gasteiger partial charge in [0.15, 0.2) is 5.65 Å². The Morgan fingerprint density at radius 2 is 1.57 bits per heavy atom. The van der Waals surface area contributed by atoms with Crippen LogP contribution in [-0.4, -0.2) is 20.9 Å². The van der Waals surface area contributed by atoms with Crippen molar-refractivity contribution in [1.29, 1.82) is 0 Å². The van der Waals surface area contributed by atoms with Gasteiger partial charge in [-0.15, -0.1) is 0 Å². The summed E-state index contributed by atoms with van der Waals surface area (Å²) in [5.41, 5.74) is 4.05. The predicted molar refractivity (Wildman–Crippen MR) is 116 cm³/mol. The minimum atomic E-state index is -0.428. The number of rotatable bonds is 2. The fourth-order valence-corrected chi connectivity index (χ4v) is 3.75. The highest BCUT2D eigenvalue weighted by molar-refractivity contribution is 5.92. The highest BCUT2D eigenvalue weighted by Crippen LogP contribution is 2.35. The Morgan fingerprint density at radius 1 is 0.933 bits per heavy atom. The Bertz CT molecular complexity index is 1240. The van der Waals surface area contributed by atoms with Crippen LogP contribution < -0.4 is 9.64 Å². The lowest BCUT2D eigenvalue weighted by molar-refractivity contribution is 0.201. The summed E-state index contributed by atoms with van der Waals surface area (Å²) in [7, 11) is 0. The van der Waals surface area contributed by atoms with Gasteiger partial charge < -0.3 is 4.74 Å². The summed E-state index contributed by atoms with van der Waals surface area (Å²) >= 11 is 0. The van der Waals surface area contributed by atoms with Gasteiger partial charge >= 0.3 is 6.09 Å². The fourth-order valence-electron chi connectivity index (χ4n) is 3.75. The molecule has 6 heteroatoms. The number of fused-ring (bicyclic) bond motifs is 2. The number of benzene rings is 2. The lowest BCUT2D eigenvalue weighted by atomic mass is 9.90. The predicted octanol–water partition coefficient (Wildman–Crippen LogP) is 5.24. The number of carbonyl (C=O) groups excluding carboxylic acids is 1. The van der Waals surface area contributed by atoms with Gasteiger partial charge in [0.2, 0.25) is 5.88 Å². The molecule has 0 saturated heterocycles. The molecule has 150 valence electrons. The van der Waals surface area contributed by atoms with Gasteiger partial charge in [-0.05, 0) is 30.3 Å². The van der Waals surface area contributed by atoms with Crippen molar-refractivity contribution in [2.24, 2.45) is 0 Å². The lowest BCUT2D eigenvalue weighted by Gasteiger charge is -2.27. The zero-order chi connectivity index (χ0) is 20.9. The minimum absolute atomic E-state index is 0.168. The molecule has 0 aliphatic carbocycles. The summed E-state index contributed by atoms with van der Waals surface area (Å²) in [5.74, 6) is 0.345. The van der Waals surface area contributed by atoms with Crippen molar-refractivity contribution in [2.75, 3.05) is 4.90 Å². The van der Waals surface area contributed by atoms with Crippen molar-refractivity contribution >= 4 is 22.8 Å². The van der Waals surface area contributed by atoms with E-state index >= 15 is 0 Å². The number of amides is 1. The SMILES string of the molecule is CC(C)(C)c1nn(-c2ccccc2)c2nc3c(cc12)CN(c1ccccc1)C(=O)O3. The zero-order valence-corrected chi connectivity index (χ0v) is 17.2. The summed E-state index contributed by atoms with van der Waals surface area (Å²) < 4.78 is 7.45. The maximum atomic E-state index is 12.7. The van der Waals surface area contributed by atoms with E-state index in [0.29, 0.717) is 18.1 Å². The van der Waals surface area contributed by atoms with Gasteiger partial charge in [0.25, 0.3) is 0 Å². The van der Waals surface area contributed by atoms with Crippen LogP contribution in [0.25, 0.3) is 16.7 Å². The quantitative estimate of drug-likeness (QED) is 0.463. The molecule has 0 spiro atoms. The summed E-state index contributed by atoms with van der Waals surface area (Å²) in [4.78, 5) is 19.0. The Hall–Kier alpha value is -3.67. The molecular formula is C24H22N4O2. The largest absolute Gasteiger partial charge is 0.421 e. The molecule has 6 nitrogen and oxygen atoms in total. The van der Waals surface area contributed by atoms with Crippen LogP contribution in [0.4, 0.5) is 10.5 Å². The van der Waals surface area contributed by atoms with Crippen molar-refractivity contribution in [2.45, 2.75) is 32.7 Å². The van der Waals surface area contributed by atoms with Crippen LogP contribution in [0, 0.1) is 0 Å². The van der Waals surface area contributed by atoms with Gasteiger partial charge in [-0.2, -0.15) is 10.1 Å². The number of carbonyl (C=O) groups is 1. The van der Waals surface area contributed by atoms with E-state index in [0.717, 1.165) is 28.0 Å². The van der Waals surface area contributed by atoms with E-state index in [1.807, 2.05) is 65.3 Å². The maximum absolute atomic E-state index is 12.7. The Morgan fingerprint density at radius 3 is 2.20 bits per heavy atom. The average Bonchev–Trinajstić information content (AvgIpc) is 3.12. The van der Waals surface area contributed by atoms with Crippen molar-refractivity contribution < 1.29 is 9.53 Å². The Kier molecular flexibility index (Phi) is 4.10. The molecule has 0 bridgehead atoms. The molecule has 1 aliphatic heterocycles. The van der Waals surface area contributed by atoms with E-state index in [2.05, 4.69) is 26.8 Å². The number of ether oxygens (including phenoxy) is 1. The highest BCUT2D eigenvalue weighted by atomic mass is 16.6. The van der Waals surface area contributed by atoms with Gasteiger partial charge in [0, 0.05) is 22.1 Å². The fraction of sp³-hybridized carbons (Fsp3) is 0.208. The highest BCUT2D eigenvalue weighted by Gasteiger charge is 2.31. The van der Waals surface area contributed by atoms with Crippen molar-refractivity contribution in [3.05, 3.63) is 78.0 Å². The summed E-state index contributed by atoms with van der Waals surface area (Å²) in [5, 5.41) is 5.87. The zero-order valence-electron chi connectivity index (χ0n) is 17.2. The number of para-hydroxylation sites is 2. The van der Waals surface area contributed by atoms with Crippen LogP contribution in [0.5, 0.6) is 5.88 Å². The molecule has 3 heterocycles. The second-order valence-electron chi connectivity index (χ2n) is 8.46. The van der Waals surface area contributed by atoms with E-state index in [-0.39, 0.29) is 5.41 Å². The summed E-state index contributed by atoms with van der Waals surface area (Å²) in [6, 6.07) is 21.5. The third-order valence-corrected chi connectivity index (χ3v) is 5.21. The monoisotopic (exact) mass is 398 g/mol. The van der Waals surface area contributed by atoms with Gasteiger partial charge in [-0.3, -0.25) is 4.90 Å². The number of anilines is 1. The minimum Gasteiger partial charge on any atom is -0.390 e. The Labute approximate surface area is 174 Å². The van der Waals surface area contributed by atoms with Crippen LogP contribution in [0.15, 0.2) is 66.7 Å². The van der Waals surface area contributed by atoms with Crippen LogP contribution in [0.3, 0.4) is 0 Å². The smallest absolute Gasteiger partial charge is 0.390 e. The molecule has 2 aromatic heterocycles. The first kappa shape index (κ1) is 18.4. The molecule has 2 aromatic carbocycles. The van der Waals surface area contributed by atoms with Gasteiger partial charge in [0.1, 0.15) is 0 Å². The maximum Gasteiger partial charge on any atom is 0.421 e. The first-order chi connectivity index (χ1) is 14.4. The Balaban J connectivity index is 1.69. The number of aromatic nitrogens is 3. The number of pyridine rings is 1. The first-order valence-electron chi connectivity index (χ1n) is 9.95. The average molecular weight is 398 g/mol. The number of hydrogen-bond acceptors (Lipinski definition) is 4. The van der Waals surface area contributed by atoms with Crippen molar-refractivity contribution in [1.82, 2.24) is 14.8 Å². The summed E-state index contributed by atoms with van der Waals surface area (Å²) in [6.45, 7) is 6.82. The van der Waals surface area contributed by atoms with E-state index in [1.54, 1.807) is 4.90 Å². The molecular weight excluding hydrogens is 376 g/mol. The molecule has 30 heavy (non-hydrogen) atoms. The molecule has 0 N–H and O–H groups in total. The molecule has 0 fully saturated rings. The third-order valence-electron chi connectivity index (χ3n) is 5.21. The second kappa shape index (κ2) is 6.69. The first-order valence-corrected chi connectivity index (χ1v) is 9.95. The topological polar surface area (TPSA) is 60.2 Å². The normalized spacial score (nSPS) is 14.0. The molecule has 1 aliphatic rings. The molecule has 0 saturated carbocycles. The van der Waals surface area contributed by atoms with E-state index < -0.39 is 6.09 Å². The second-order valence-corrected chi connectivity index (χ2v) is 8.46. The van der Waals surface area contributed by atoms with Crippen molar-refractivity contribution in [3.63, 3.8) is 0 Å². The number of hydrogen-bond donors (Lipinski definition) is 0. The van der Waals surface area contributed by atoms with E-state index in [4.69, 9.17) is 14.8 Å². The lowest BCUT2D eigenvalue weighted by Crippen LogP contribution is -2.37. The molecule has 5 rings (SSSR count). The van der Waals surface area contributed by atoms with Gasteiger partial charge in [0.05, 0.1) is 17.9 Å². The number of nitrogens with zero attached hydrogens (tertiary/aromatic N) is 4. The molecule has 4 aromatic rings. The summed E-state index contributed by atoms with van der Waals surface area (Å²) in [6.07, 6.45) is -0.428. The van der Waals surface area contributed by atoms with E-state index in [1.165, 1.54) is 0 Å². The van der Waals surface area contributed by atoms with Crippen LogP contribution in [0.2, 0.25) is 0 Å².